The van der Waals surface area contributed by atoms with Crippen LogP contribution in [0.1, 0.15) is 12.1 Å². The first-order chi connectivity index (χ1) is 10.2. The van der Waals surface area contributed by atoms with Crippen molar-refractivity contribution in [1.29, 1.82) is 0 Å². The molecule has 0 amide bonds. The van der Waals surface area contributed by atoms with E-state index in [0.29, 0.717) is 5.95 Å². The second-order valence-corrected chi connectivity index (χ2v) is 5.54. The molecule has 0 aliphatic heterocycles. The van der Waals surface area contributed by atoms with Crippen molar-refractivity contribution in [2.75, 3.05) is 30.9 Å². The molecule has 0 spiro atoms. The van der Waals surface area contributed by atoms with Crippen LogP contribution in [-0.4, -0.2) is 30.2 Å². The van der Waals surface area contributed by atoms with Gasteiger partial charge >= 0.3 is 0 Å². The van der Waals surface area contributed by atoms with Crippen LogP contribution >= 0.6 is 15.9 Å². The highest BCUT2D eigenvalue weighted by molar-refractivity contribution is 9.10. The Hall–Kier alpha value is -1.66. The summed E-state index contributed by atoms with van der Waals surface area (Å²) in [5.74, 6) is 1.40. The average Bonchev–Trinajstić information content (AvgIpc) is 2.43. The largest absolute Gasteiger partial charge is 0.385 e. The molecule has 0 aliphatic rings. The van der Waals surface area contributed by atoms with Crippen LogP contribution in [-0.2, 0) is 4.74 Å². The molecule has 1 aromatic heterocycles. The third kappa shape index (κ3) is 5.32. The number of methoxy groups -OCH3 is 1. The summed E-state index contributed by atoms with van der Waals surface area (Å²) < 4.78 is 6.04. The molecule has 2 N–H and O–H groups in total. The second kappa shape index (κ2) is 7.95. The molecule has 2 aromatic rings. The van der Waals surface area contributed by atoms with Crippen LogP contribution in [0, 0.1) is 6.92 Å². The molecule has 112 valence electrons. The summed E-state index contributed by atoms with van der Waals surface area (Å²) in [7, 11) is 1.70. The molecule has 5 nitrogen and oxygen atoms in total. The lowest BCUT2D eigenvalue weighted by Gasteiger charge is -2.10. The van der Waals surface area contributed by atoms with Crippen LogP contribution in [0.2, 0.25) is 0 Å². The van der Waals surface area contributed by atoms with Crippen molar-refractivity contribution in [3.05, 3.63) is 40.5 Å². The van der Waals surface area contributed by atoms with Crippen LogP contribution in [0.4, 0.5) is 17.5 Å². The Balaban J connectivity index is 2.04. The zero-order chi connectivity index (χ0) is 15.1. The maximum absolute atomic E-state index is 5.02. The van der Waals surface area contributed by atoms with Crippen LogP contribution < -0.4 is 10.6 Å². The van der Waals surface area contributed by atoms with Crippen molar-refractivity contribution in [1.82, 2.24) is 9.97 Å². The first-order valence-electron chi connectivity index (χ1n) is 6.78. The summed E-state index contributed by atoms with van der Waals surface area (Å²) in [4.78, 5) is 8.85. The first kappa shape index (κ1) is 15.7. The molecule has 1 aromatic carbocycles. The lowest BCUT2D eigenvalue weighted by Crippen LogP contribution is -2.09. The number of ether oxygens (including phenoxy) is 1. The van der Waals surface area contributed by atoms with Crippen LogP contribution in [0.25, 0.3) is 0 Å². The Bertz CT molecular complexity index is 592. The molecule has 21 heavy (non-hydrogen) atoms. The highest BCUT2D eigenvalue weighted by atomic mass is 79.9. The van der Waals surface area contributed by atoms with Gasteiger partial charge in [-0.25, -0.2) is 4.98 Å². The summed E-state index contributed by atoms with van der Waals surface area (Å²) in [5, 5.41) is 6.49. The quantitative estimate of drug-likeness (QED) is 0.745. The molecule has 0 aliphatic carbocycles. The summed E-state index contributed by atoms with van der Waals surface area (Å²) in [6.45, 7) is 3.46. The Morgan fingerprint density at radius 1 is 1.24 bits per heavy atom. The van der Waals surface area contributed by atoms with Gasteiger partial charge in [-0.15, -0.1) is 0 Å². The molecule has 0 saturated heterocycles. The molecule has 0 radical (unpaired) electrons. The number of benzene rings is 1. The summed E-state index contributed by atoms with van der Waals surface area (Å²) in [6.07, 6.45) is 0.919. The van der Waals surface area contributed by atoms with E-state index in [1.807, 2.05) is 37.3 Å². The number of hydrogen-bond acceptors (Lipinski definition) is 5. The molecule has 1 heterocycles. The van der Waals surface area contributed by atoms with Gasteiger partial charge in [0.15, 0.2) is 0 Å². The van der Waals surface area contributed by atoms with Crippen molar-refractivity contribution in [3.8, 4) is 0 Å². The topological polar surface area (TPSA) is 59.1 Å². The SMILES string of the molecule is COCCCNc1nc(C)cc(Nc2cccc(Br)c2)n1. The minimum Gasteiger partial charge on any atom is -0.385 e. The summed E-state index contributed by atoms with van der Waals surface area (Å²) in [6, 6.07) is 9.88. The number of aromatic nitrogens is 2. The Morgan fingerprint density at radius 2 is 2.10 bits per heavy atom. The van der Waals surface area contributed by atoms with E-state index in [1.54, 1.807) is 7.11 Å². The average molecular weight is 351 g/mol. The zero-order valence-electron chi connectivity index (χ0n) is 12.2. The maximum Gasteiger partial charge on any atom is 0.224 e. The highest BCUT2D eigenvalue weighted by Crippen LogP contribution is 2.20. The molecule has 0 atom stereocenters. The van der Waals surface area contributed by atoms with E-state index in [0.717, 1.165) is 41.2 Å². The van der Waals surface area contributed by atoms with Crippen LogP contribution in [0.3, 0.4) is 0 Å². The van der Waals surface area contributed by atoms with Gasteiger partial charge in [0.25, 0.3) is 0 Å². The Labute approximate surface area is 133 Å². The van der Waals surface area contributed by atoms with E-state index in [-0.39, 0.29) is 0 Å². The van der Waals surface area contributed by atoms with Gasteiger partial charge in [-0.2, -0.15) is 4.98 Å². The van der Waals surface area contributed by atoms with Gasteiger partial charge in [-0.3, -0.25) is 0 Å². The van der Waals surface area contributed by atoms with Gasteiger partial charge < -0.3 is 15.4 Å². The van der Waals surface area contributed by atoms with E-state index in [9.17, 15) is 0 Å². The van der Waals surface area contributed by atoms with Crippen molar-refractivity contribution >= 4 is 33.4 Å². The second-order valence-electron chi connectivity index (χ2n) is 4.63. The normalized spacial score (nSPS) is 10.4. The number of halogens is 1. The number of anilines is 3. The van der Waals surface area contributed by atoms with Gasteiger partial charge in [0.2, 0.25) is 5.95 Å². The molecule has 0 unspecified atom stereocenters. The van der Waals surface area contributed by atoms with E-state index in [2.05, 4.69) is 36.5 Å². The van der Waals surface area contributed by atoms with Gasteiger partial charge in [-0.05, 0) is 31.5 Å². The summed E-state index contributed by atoms with van der Waals surface area (Å²) in [5.41, 5.74) is 1.89. The smallest absolute Gasteiger partial charge is 0.224 e. The fraction of sp³-hybridized carbons (Fsp3) is 0.333. The molecule has 0 saturated carbocycles. The standard InChI is InChI=1S/C15H19BrN4O/c1-11-9-14(19-13-6-3-5-12(16)10-13)20-15(18-11)17-7-4-8-21-2/h3,5-6,9-10H,4,7-8H2,1-2H3,(H2,17,18,19,20). The number of nitrogens with zero attached hydrogens (tertiary/aromatic N) is 2. The van der Waals surface area contributed by atoms with Crippen LogP contribution in [0.5, 0.6) is 0 Å². The summed E-state index contributed by atoms with van der Waals surface area (Å²) >= 11 is 3.46. The molecule has 6 heteroatoms. The number of nitrogens with one attached hydrogen (secondary N) is 2. The predicted octanol–water partition coefficient (Wildman–Crippen LogP) is 3.74. The van der Waals surface area contributed by atoms with Crippen molar-refractivity contribution in [3.63, 3.8) is 0 Å². The fourth-order valence-electron chi connectivity index (χ4n) is 1.84. The van der Waals surface area contributed by atoms with E-state index in [4.69, 9.17) is 4.74 Å². The van der Waals surface area contributed by atoms with Gasteiger partial charge in [0.1, 0.15) is 5.82 Å². The number of aryl methyl sites for hydroxylation is 1. The Kier molecular flexibility index (Phi) is 5.95. The number of rotatable bonds is 7. The van der Waals surface area contributed by atoms with Gasteiger partial charge in [-0.1, -0.05) is 22.0 Å². The van der Waals surface area contributed by atoms with Crippen molar-refractivity contribution in [2.24, 2.45) is 0 Å². The molecule has 0 bridgehead atoms. The lowest BCUT2D eigenvalue weighted by molar-refractivity contribution is 0.197. The van der Waals surface area contributed by atoms with E-state index < -0.39 is 0 Å². The van der Waals surface area contributed by atoms with E-state index >= 15 is 0 Å². The minimum atomic E-state index is 0.628. The molecular weight excluding hydrogens is 332 g/mol. The molecule has 2 rings (SSSR count). The monoisotopic (exact) mass is 350 g/mol. The van der Waals surface area contributed by atoms with E-state index in [1.165, 1.54) is 0 Å². The third-order valence-electron chi connectivity index (χ3n) is 2.76. The zero-order valence-corrected chi connectivity index (χ0v) is 13.8. The third-order valence-corrected chi connectivity index (χ3v) is 3.25. The van der Waals surface area contributed by atoms with Crippen molar-refractivity contribution in [2.45, 2.75) is 13.3 Å². The molecule has 0 fully saturated rings. The maximum atomic E-state index is 5.02. The fourth-order valence-corrected chi connectivity index (χ4v) is 2.24. The van der Waals surface area contributed by atoms with Crippen molar-refractivity contribution < 1.29 is 4.74 Å². The molecular formula is C15H19BrN4O. The van der Waals surface area contributed by atoms with Gasteiger partial charge in [0.05, 0.1) is 0 Å². The van der Waals surface area contributed by atoms with Gasteiger partial charge in [0, 0.05) is 42.2 Å². The van der Waals surface area contributed by atoms with Crippen LogP contribution in [0.15, 0.2) is 34.8 Å². The highest BCUT2D eigenvalue weighted by Gasteiger charge is 2.03. The first-order valence-corrected chi connectivity index (χ1v) is 7.58. The lowest BCUT2D eigenvalue weighted by atomic mass is 10.3. The predicted molar refractivity (Wildman–Crippen MR) is 89.2 cm³/mol. The minimum absolute atomic E-state index is 0.628. The number of hydrogen-bond donors (Lipinski definition) is 2. The Morgan fingerprint density at radius 3 is 2.86 bits per heavy atom.